The average molecular weight is 146 g/mol. The van der Waals surface area contributed by atoms with Gasteiger partial charge in [-0.3, -0.25) is 4.79 Å². The van der Waals surface area contributed by atoms with Crippen molar-refractivity contribution in [3.8, 4) is 0 Å². The fraction of sp³-hybridized carbons (Fsp3) is 0.833. The first kappa shape index (κ1) is 9.39. The van der Waals surface area contributed by atoms with Gasteiger partial charge >= 0.3 is 0 Å². The van der Waals surface area contributed by atoms with Gasteiger partial charge in [0.25, 0.3) is 0 Å². The van der Waals surface area contributed by atoms with E-state index in [-0.39, 0.29) is 12.5 Å². The Balaban J connectivity index is 3.40. The van der Waals surface area contributed by atoms with Crippen LogP contribution in [0.5, 0.6) is 0 Å². The molecule has 0 rings (SSSR count). The lowest BCUT2D eigenvalue weighted by Crippen LogP contribution is -2.41. The van der Waals surface area contributed by atoms with Crippen LogP contribution in [-0.2, 0) is 4.79 Å². The van der Waals surface area contributed by atoms with Crippen molar-refractivity contribution in [2.24, 2.45) is 5.73 Å². The molecule has 0 aliphatic heterocycles. The molecule has 0 saturated heterocycles. The fourth-order valence-corrected chi connectivity index (χ4v) is 0.409. The lowest BCUT2D eigenvalue weighted by molar-refractivity contribution is -0.122. The first-order valence-electron chi connectivity index (χ1n) is 3.25. The summed E-state index contributed by atoms with van der Waals surface area (Å²) in [5, 5.41) is 11.2. The van der Waals surface area contributed by atoms with Crippen molar-refractivity contribution in [3.63, 3.8) is 0 Å². The van der Waals surface area contributed by atoms with E-state index in [0.717, 1.165) is 0 Å². The van der Waals surface area contributed by atoms with Gasteiger partial charge in [0, 0.05) is 6.54 Å². The molecule has 0 aliphatic rings. The molecule has 0 aliphatic carbocycles. The minimum absolute atomic E-state index is 0.235. The van der Waals surface area contributed by atoms with Gasteiger partial charge in [-0.25, -0.2) is 0 Å². The summed E-state index contributed by atoms with van der Waals surface area (Å²) >= 11 is 0. The van der Waals surface area contributed by atoms with E-state index in [0.29, 0.717) is 0 Å². The fourth-order valence-electron chi connectivity index (χ4n) is 0.409. The van der Waals surface area contributed by atoms with E-state index in [1.807, 2.05) is 0 Å². The third-order valence-corrected chi connectivity index (χ3v) is 0.985. The molecule has 0 bridgehead atoms. The Kier molecular flexibility index (Phi) is 3.99. The minimum atomic E-state index is -0.511. The largest absolute Gasteiger partial charge is 0.392 e. The number of hydrogen-bond donors (Lipinski definition) is 3. The molecule has 0 aromatic heterocycles. The molecule has 0 aromatic rings. The maximum Gasteiger partial charge on any atom is 0.236 e. The molecular formula is C6H14N2O2. The Bertz CT molecular complexity index is 112. The van der Waals surface area contributed by atoms with Crippen LogP contribution in [0.15, 0.2) is 0 Å². The van der Waals surface area contributed by atoms with Crippen molar-refractivity contribution >= 4 is 5.91 Å². The first-order valence-corrected chi connectivity index (χ1v) is 3.25. The summed E-state index contributed by atoms with van der Waals surface area (Å²) < 4.78 is 0. The van der Waals surface area contributed by atoms with Gasteiger partial charge in [0.05, 0.1) is 12.1 Å². The van der Waals surface area contributed by atoms with E-state index in [1.165, 1.54) is 0 Å². The number of carbonyl (C=O) groups excluding carboxylic acids is 1. The maximum atomic E-state index is 10.7. The van der Waals surface area contributed by atoms with Crippen molar-refractivity contribution < 1.29 is 9.90 Å². The Morgan fingerprint density at radius 1 is 1.70 bits per heavy atom. The van der Waals surface area contributed by atoms with Gasteiger partial charge in [0.15, 0.2) is 0 Å². The average Bonchev–Trinajstić information content (AvgIpc) is 1.82. The summed E-state index contributed by atoms with van der Waals surface area (Å²) in [6.45, 7) is 3.46. The Morgan fingerprint density at radius 3 is 2.50 bits per heavy atom. The number of hydrogen-bond acceptors (Lipinski definition) is 3. The Labute approximate surface area is 60.4 Å². The van der Waals surface area contributed by atoms with Crippen molar-refractivity contribution in [1.29, 1.82) is 0 Å². The summed E-state index contributed by atoms with van der Waals surface area (Å²) in [6.07, 6.45) is -0.511. The van der Waals surface area contributed by atoms with Gasteiger partial charge in [0.1, 0.15) is 0 Å². The monoisotopic (exact) mass is 146 g/mol. The van der Waals surface area contributed by atoms with E-state index in [2.05, 4.69) is 5.32 Å². The van der Waals surface area contributed by atoms with Crippen molar-refractivity contribution in [3.05, 3.63) is 0 Å². The SMILES string of the molecule is CC(O)CNC(=O)[C@H](C)N. The lowest BCUT2D eigenvalue weighted by Gasteiger charge is -2.08. The highest BCUT2D eigenvalue weighted by atomic mass is 16.3. The van der Waals surface area contributed by atoms with Gasteiger partial charge < -0.3 is 16.2 Å². The molecule has 4 nitrogen and oxygen atoms in total. The van der Waals surface area contributed by atoms with Crippen LogP contribution in [0, 0.1) is 0 Å². The number of rotatable bonds is 3. The van der Waals surface area contributed by atoms with Crippen molar-refractivity contribution in [1.82, 2.24) is 5.32 Å². The predicted octanol–water partition coefficient (Wildman–Crippen LogP) is -1.17. The standard InChI is InChI=1S/C6H14N2O2/c1-4(9)3-8-6(10)5(2)7/h4-5,9H,3,7H2,1-2H3,(H,8,10)/t4?,5-/m0/s1. The zero-order valence-electron chi connectivity index (χ0n) is 6.29. The number of nitrogens with one attached hydrogen (secondary N) is 1. The van der Waals surface area contributed by atoms with E-state index in [4.69, 9.17) is 10.8 Å². The van der Waals surface area contributed by atoms with Crippen LogP contribution >= 0.6 is 0 Å². The van der Waals surface area contributed by atoms with E-state index in [1.54, 1.807) is 13.8 Å². The molecule has 10 heavy (non-hydrogen) atoms. The molecule has 4 N–H and O–H groups in total. The molecule has 0 saturated carbocycles. The molecule has 0 aromatic carbocycles. The number of aliphatic hydroxyl groups is 1. The third-order valence-electron chi connectivity index (χ3n) is 0.985. The van der Waals surface area contributed by atoms with Crippen LogP contribution in [0.4, 0.5) is 0 Å². The molecule has 2 atom stereocenters. The Hall–Kier alpha value is -0.610. The van der Waals surface area contributed by atoms with Crippen LogP contribution in [0.25, 0.3) is 0 Å². The quantitative estimate of drug-likeness (QED) is 0.469. The second kappa shape index (κ2) is 4.24. The summed E-state index contributed by atoms with van der Waals surface area (Å²) in [6, 6.07) is -0.501. The summed E-state index contributed by atoms with van der Waals surface area (Å²) in [4.78, 5) is 10.7. The highest BCUT2D eigenvalue weighted by Crippen LogP contribution is 1.78. The molecule has 0 heterocycles. The van der Waals surface area contributed by atoms with Crippen LogP contribution in [0.2, 0.25) is 0 Å². The van der Waals surface area contributed by atoms with E-state index < -0.39 is 12.1 Å². The van der Waals surface area contributed by atoms with Gasteiger partial charge in [0.2, 0.25) is 5.91 Å². The smallest absolute Gasteiger partial charge is 0.236 e. The molecule has 1 amide bonds. The molecule has 0 fully saturated rings. The molecule has 4 heteroatoms. The van der Waals surface area contributed by atoms with Gasteiger partial charge in [-0.1, -0.05) is 0 Å². The third kappa shape index (κ3) is 4.29. The number of carbonyl (C=O) groups is 1. The topological polar surface area (TPSA) is 75.3 Å². The summed E-state index contributed by atoms with van der Waals surface area (Å²) in [5.41, 5.74) is 5.23. The second-order valence-corrected chi connectivity index (χ2v) is 2.38. The number of amides is 1. The predicted molar refractivity (Wildman–Crippen MR) is 38.3 cm³/mol. The lowest BCUT2D eigenvalue weighted by atomic mass is 10.3. The van der Waals surface area contributed by atoms with Crippen LogP contribution < -0.4 is 11.1 Å². The molecular weight excluding hydrogens is 132 g/mol. The van der Waals surface area contributed by atoms with E-state index in [9.17, 15) is 4.79 Å². The zero-order valence-corrected chi connectivity index (χ0v) is 6.29. The molecule has 0 spiro atoms. The normalized spacial score (nSPS) is 16.0. The Morgan fingerprint density at radius 2 is 2.20 bits per heavy atom. The zero-order chi connectivity index (χ0) is 8.15. The van der Waals surface area contributed by atoms with Gasteiger partial charge in [-0.05, 0) is 13.8 Å². The molecule has 1 unspecified atom stereocenters. The van der Waals surface area contributed by atoms with Crippen molar-refractivity contribution in [2.75, 3.05) is 6.54 Å². The number of aliphatic hydroxyl groups excluding tert-OH is 1. The highest BCUT2D eigenvalue weighted by Gasteiger charge is 2.06. The second-order valence-electron chi connectivity index (χ2n) is 2.38. The van der Waals surface area contributed by atoms with Gasteiger partial charge in [-0.15, -0.1) is 0 Å². The summed E-state index contributed by atoms with van der Waals surface area (Å²) in [7, 11) is 0. The van der Waals surface area contributed by atoms with Crippen molar-refractivity contribution in [2.45, 2.75) is 26.0 Å². The van der Waals surface area contributed by atoms with Crippen LogP contribution in [0.1, 0.15) is 13.8 Å². The van der Waals surface area contributed by atoms with Crippen LogP contribution in [0.3, 0.4) is 0 Å². The van der Waals surface area contributed by atoms with E-state index >= 15 is 0 Å². The molecule has 60 valence electrons. The first-order chi connectivity index (χ1) is 4.54. The van der Waals surface area contributed by atoms with Gasteiger partial charge in [-0.2, -0.15) is 0 Å². The maximum absolute atomic E-state index is 10.7. The number of nitrogens with two attached hydrogens (primary N) is 1. The minimum Gasteiger partial charge on any atom is -0.392 e. The van der Waals surface area contributed by atoms with Crippen LogP contribution in [-0.4, -0.2) is 29.7 Å². The summed E-state index contributed by atoms with van der Waals surface area (Å²) in [5.74, 6) is -0.235. The highest BCUT2D eigenvalue weighted by molar-refractivity contribution is 5.80. The molecule has 0 radical (unpaired) electrons.